The predicted molar refractivity (Wildman–Crippen MR) is 79.9 cm³/mol. The first-order chi connectivity index (χ1) is 9.60. The number of benzene rings is 1. The van der Waals surface area contributed by atoms with E-state index >= 15 is 0 Å². The van der Waals surface area contributed by atoms with E-state index in [0.29, 0.717) is 37.6 Å². The summed E-state index contributed by atoms with van der Waals surface area (Å²) < 4.78 is 10.1. The van der Waals surface area contributed by atoms with Gasteiger partial charge in [-0.3, -0.25) is 4.79 Å². The maximum atomic E-state index is 12.6. The molecule has 1 rings (SSSR count). The third-order valence-electron chi connectivity index (χ3n) is 3.11. The molecule has 1 amide bonds. The number of nitrogens with zero attached hydrogens (tertiary/aromatic N) is 1. The van der Waals surface area contributed by atoms with Crippen molar-refractivity contribution in [3.63, 3.8) is 0 Å². The second kappa shape index (κ2) is 8.55. The summed E-state index contributed by atoms with van der Waals surface area (Å²) in [7, 11) is 3.29. The zero-order valence-electron chi connectivity index (χ0n) is 12.5. The van der Waals surface area contributed by atoms with Gasteiger partial charge in [-0.1, -0.05) is 0 Å². The van der Waals surface area contributed by atoms with Crippen LogP contribution in [0.5, 0.6) is 0 Å². The summed E-state index contributed by atoms with van der Waals surface area (Å²) in [6.45, 7) is 4.28. The first-order valence-corrected chi connectivity index (χ1v) is 6.73. The van der Waals surface area contributed by atoms with Gasteiger partial charge in [0.25, 0.3) is 5.91 Å². The number of hydrogen-bond acceptors (Lipinski definition) is 4. The third kappa shape index (κ3) is 4.83. The molecule has 0 heterocycles. The second-order valence-corrected chi connectivity index (χ2v) is 4.71. The number of rotatable bonds is 8. The zero-order chi connectivity index (χ0) is 15.0. The number of methoxy groups -OCH3 is 2. The van der Waals surface area contributed by atoms with Crippen molar-refractivity contribution in [2.45, 2.75) is 13.3 Å². The molecule has 2 N–H and O–H groups in total. The fraction of sp³-hybridized carbons (Fsp3) is 0.533. The highest BCUT2D eigenvalue weighted by Gasteiger charge is 2.17. The maximum absolute atomic E-state index is 12.6. The van der Waals surface area contributed by atoms with Crippen LogP contribution in [0.3, 0.4) is 0 Å². The van der Waals surface area contributed by atoms with Crippen LogP contribution in [0.4, 0.5) is 5.69 Å². The lowest BCUT2D eigenvalue weighted by Crippen LogP contribution is -2.35. The standard InChI is InChI=1S/C15H24N2O3/c1-12-11-13(16)5-6-14(12)15(18)17(8-10-20-3)7-4-9-19-2/h5-6,11H,4,7-10,16H2,1-3H3. The van der Waals surface area contributed by atoms with Crippen LogP contribution in [0.25, 0.3) is 0 Å². The minimum atomic E-state index is 0.00986. The number of carbonyl (C=O) groups excluding carboxylic acids is 1. The monoisotopic (exact) mass is 280 g/mol. The number of ether oxygens (including phenoxy) is 2. The van der Waals surface area contributed by atoms with Gasteiger partial charge in [-0.2, -0.15) is 0 Å². The van der Waals surface area contributed by atoms with Gasteiger partial charge in [0.05, 0.1) is 6.61 Å². The van der Waals surface area contributed by atoms with Gasteiger partial charge in [0.2, 0.25) is 0 Å². The Morgan fingerprint density at radius 2 is 1.90 bits per heavy atom. The van der Waals surface area contributed by atoms with Crippen LogP contribution in [0.2, 0.25) is 0 Å². The van der Waals surface area contributed by atoms with E-state index in [1.807, 2.05) is 13.0 Å². The fourth-order valence-electron chi connectivity index (χ4n) is 2.01. The lowest BCUT2D eigenvalue weighted by molar-refractivity contribution is 0.0673. The number of amides is 1. The van der Waals surface area contributed by atoms with E-state index in [2.05, 4.69) is 0 Å². The minimum absolute atomic E-state index is 0.00986. The quantitative estimate of drug-likeness (QED) is 0.581. The minimum Gasteiger partial charge on any atom is -0.399 e. The molecule has 0 aromatic heterocycles. The van der Waals surface area contributed by atoms with Crippen molar-refractivity contribution in [3.8, 4) is 0 Å². The molecule has 1 aromatic carbocycles. The SMILES string of the molecule is COCCCN(CCOC)C(=O)c1ccc(N)cc1C. The van der Waals surface area contributed by atoms with Gasteiger partial charge >= 0.3 is 0 Å². The molecule has 0 fully saturated rings. The largest absolute Gasteiger partial charge is 0.399 e. The summed E-state index contributed by atoms with van der Waals surface area (Å²) >= 11 is 0. The zero-order valence-corrected chi connectivity index (χ0v) is 12.5. The summed E-state index contributed by atoms with van der Waals surface area (Å²) in [5.74, 6) is 0.00986. The summed E-state index contributed by atoms with van der Waals surface area (Å²) in [4.78, 5) is 14.4. The molecular formula is C15H24N2O3. The van der Waals surface area contributed by atoms with E-state index in [1.54, 1.807) is 31.3 Å². The Hall–Kier alpha value is -1.59. The van der Waals surface area contributed by atoms with Crippen molar-refractivity contribution in [2.24, 2.45) is 0 Å². The summed E-state index contributed by atoms with van der Waals surface area (Å²) in [6.07, 6.45) is 0.806. The lowest BCUT2D eigenvalue weighted by atomic mass is 10.1. The van der Waals surface area contributed by atoms with Crippen molar-refractivity contribution < 1.29 is 14.3 Å². The van der Waals surface area contributed by atoms with Gasteiger partial charge in [0, 0.05) is 45.2 Å². The molecule has 0 spiro atoms. The molecule has 0 aliphatic heterocycles. The molecule has 20 heavy (non-hydrogen) atoms. The number of nitrogens with two attached hydrogens (primary N) is 1. The molecule has 0 saturated heterocycles. The van der Waals surface area contributed by atoms with E-state index in [4.69, 9.17) is 15.2 Å². The Morgan fingerprint density at radius 3 is 2.50 bits per heavy atom. The molecule has 0 bridgehead atoms. The van der Waals surface area contributed by atoms with E-state index in [1.165, 1.54) is 0 Å². The molecule has 0 radical (unpaired) electrons. The van der Waals surface area contributed by atoms with Crippen LogP contribution in [-0.4, -0.2) is 51.3 Å². The van der Waals surface area contributed by atoms with Crippen LogP contribution in [0.15, 0.2) is 18.2 Å². The smallest absolute Gasteiger partial charge is 0.254 e. The van der Waals surface area contributed by atoms with Crippen LogP contribution in [0, 0.1) is 6.92 Å². The third-order valence-corrected chi connectivity index (χ3v) is 3.11. The molecule has 5 nitrogen and oxygen atoms in total. The van der Waals surface area contributed by atoms with Crippen LogP contribution < -0.4 is 5.73 Å². The van der Waals surface area contributed by atoms with Gasteiger partial charge in [0.15, 0.2) is 0 Å². The number of nitrogen functional groups attached to an aromatic ring is 1. The summed E-state index contributed by atoms with van der Waals surface area (Å²) in [5.41, 5.74) is 7.97. The Balaban J connectivity index is 2.79. The summed E-state index contributed by atoms with van der Waals surface area (Å²) in [6, 6.07) is 5.35. The van der Waals surface area contributed by atoms with E-state index in [0.717, 1.165) is 12.0 Å². The Morgan fingerprint density at radius 1 is 1.20 bits per heavy atom. The van der Waals surface area contributed by atoms with Crippen molar-refractivity contribution in [1.82, 2.24) is 4.90 Å². The molecule has 5 heteroatoms. The topological polar surface area (TPSA) is 64.8 Å². The lowest BCUT2D eigenvalue weighted by Gasteiger charge is -2.23. The summed E-state index contributed by atoms with van der Waals surface area (Å²) in [5, 5.41) is 0. The first kappa shape index (κ1) is 16.5. The maximum Gasteiger partial charge on any atom is 0.254 e. The predicted octanol–water partition coefficient (Wildman–Crippen LogP) is 1.70. The van der Waals surface area contributed by atoms with Gasteiger partial charge in [0.1, 0.15) is 0 Å². The average molecular weight is 280 g/mol. The van der Waals surface area contributed by atoms with Crippen LogP contribution in [-0.2, 0) is 9.47 Å². The van der Waals surface area contributed by atoms with E-state index in [9.17, 15) is 4.79 Å². The molecule has 0 saturated carbocycles. The highest BCUT2D eigenvalue weighted by molar-refractivity contribution is 5.96. The molecule has 0 unspecified atom stereocenters. The van der Waals surface area contributed by atoms with Crippen LogP contribution in [0.1, 0.15) is 22.3 Å². The van der Waals surface area contributed by atoms with Gasteiger partial charge in [-0.15, -0.1) is 0 Å². The molecule has 112 valence electrons. The van der Waals surface area contributed by atoms with Crippen molar-refractivity contribution >= 4 is 11.6 Å². The Bertz CT molecular complexity index is 435. The Kier molecular flexibility index (Phi) is 7.04. The van der Waals surface area contributed by atoms with Crippen molar-refractivity contribution in [2.75, 3.05) is 46.3 Å². The molecule has 0 atom stereocenters. The van der Waals surface area contributed by atoms with Gasteiger partial charge in [-0.25, -0.2) is 0 Å². The van der Waals surface area contributed by atoms with Gasteiger partial charge in [-0.05, 0) is 37.1 Å². The molecule has 0 aliphatic rings. The molecular weight excluding hydrogens is 256 g/mol. The number of carbonyl (C=O) groups is 1. The van der Waals surface area contributed by atoms with Crippen molar-refractivity contribution in [1.29, 1.82) is 0 Å². The second-order valence-electron chi connectivity index (χ2n) is 4.71. The molecule has 0 aliphatic carbocycles. The van der Waals surface area contributed by atoms with Crippen molar-refractivity contribution in [3.05, 3.63) is 29.3 Å². The van der Waals surface area contributed by atoms with E-state index < -0.39 is 0 Å². The molecule has 1 aromatic rings. The first-order valence-electron chi connectivity index (χ1n) is 6.73. The Labute approximate surface area is 120 Å². The highest BCUT2D eigenvalue weighted by Crippen LogP contribution is 2.15. The van der Waals surface area contributed by atoms with Crippen LogP contribution >= 0.6 is 0 Å². The number of aryl methyl sites for hydroxylation is 1. The normalized spacial score (nSPS) is 10.6. The number of anilines is 1. The highest BCUT2D eigenvalue weighted by atomic mass is 16.5. The number of hydrogen-bond donors (Lipinski definition) is 1. The van der Waals surface area contributed by atoms with Gasteiger partial charge < -0.3 is 20.1 Å². The average Bonchev–Trinajstić information content (AvgIpc) is 2.42. The fourth-order valence-corrected chi connectivity index (χ4v) is 2.01. The van der Waals surface area contributed by atoms with E-state index in [-0.39, 0.29) is 5.91 Å².